The number of fused-ring (bicyclic) bond motifs is 1. The molecule has 112 valence electrons. The topological polar surface area (TPSA) is 77.6 Å². The van der Waals surface area contributed by atoms with Crippen LogP contribution in [0.5, 0.6) is 0 Å². The molecular weight excluding hydrogens is 302 g/mol. The van der Waals surface area contributed by atoms with Gasteiger partial charge in [-0.2, -0.15) is 0 Å². The van der Waals surface area contributed by atoms with E-state index in [1.54, 1.807) is 24.6 Å². The third-order valence-corrected chi connectivity index (χ3v) is 3.78. The minimum atomic E-state index is -0.931. The van der Waals surface area contributed by atoms with Crippen LogP contribution in [0.3, 0.4) is 0 Å². The van der Waals surface area contributed by atoms with Gasteiger partial charge in [0.1, 0.15) is 6.26 Å². The molecule has 3 N–H and O–H groups in total. The van der Waals surface area contributed by atoms with Crippen LogP contribution in [-0.4, -0.2) is 26.4 Å². The highest BCUT2D eigenvalue weighted by Gasteiger charge is 2.12. The molecule has 0 saturated heterocycles. The summed E-state index contributed by atoms with van der Waals surface area (Å²) in [4.78, 5) is 19.5. The summed E-state index contributed by atoms with van der Waals surface area (Å²) in [5.74, 6) is 5.72. The second kappa shape index (κ2) is 6.47. The summed E-state index contributed by atoms with van der Waals surface area (Å²) < 4.78 is 1.50. The normalized spacial score (nSPS) is 13.5. The van der Waals surface area contributed by atoms with E-state index in [2.05, 4.69) is 22.3 Å². The maximum atomic E-state index is 11.3. The van der Waals surface area contributed by atoms with E-state index in [0.29, 0.717) is 17.7 Å². The number of carbonyl (C=O) groups is 1. The number of hydrogen-bond acceptors (Lipinski definition) is 5. The van der Waals surface area contributed by atoms with Crippen molar-refractivity contribution in [1.29, 1.82) is 0 Å². The van der Waals surface area contributed by atoms with Crippen LogP contribution < -0.4 is 5.43 Å². The number of nitrogens with one attached hydrogen (secondary N) is 2. The van der Waals surface area contributed by atoms with Crippen LogP contribution in [0.25, 0.3) is 10.9 Å². The number of carboxylic acids is 1. The van der Waals surface area contributed by atoms with Crippen molar-refractivity contribution in [3.05, 3.63) is 48.0 Å². The van der Waals surface area contributed by atoms with E-state index in [9.17, 15) is 9.90 Å². The van der Waals surface area contributed by atoms with Crippen molar-refractivity contribution >= 4 is 28.8 Å². The van der Waals surface area contributed by atoms with Gasteiger partial charge in [-0.05, 0) is 29.6 Å². The number of rotatable bonds is 4. The zero-order chi connectivity index (χ0) is 15.4. The Bertz CT molecular complexity index is 780. The van der Waals surface area contributed by atoms with Gasteiger partial charge >= 0.3 is 5.97 Å². The zero-order valence-corrected chi connectivity index (χ0v) is 12.3. The number of nitrogens with zero attached hydrogens (tertiary/aromatic N) is 1. The molecule has 0 unspecified atom stereocenters. The van der Waals surface area contributed by atoms with Gasteiger partial charge < -0.3 is 14.9 Å². The highest BCUT2D eigenvalue weighted by atomic mass is 32.2. The number of aromatic carboxylic acids is 1. The Morgan fingerprint density at radius 2 is 2.32 bits per heavy atom. The van der Waals surface area contributed by atoms with E-state index in [4.69, 9.17) is 4.84 Å². The first-order chi connectivity index (χ1) is 10.8. The molecule has 0 spiro atoms. The Morgan fingerprint density at radius 1 is 1.41 bits per heavy atom. The van der Waals surface area contributed by atoms with Crippen LogP contribution >= 0.6 is 11.9 Å². The van der Waals surface area contributed by atoms with Gasteiger partial charge in [0.2, 0.25) is 0 Å². The lowest BCUT2D eigenvalue weighted by Gasteiger charge is -2.09. The molecule has 1 aliphatic heterocycles. The lowest BCUT2D eigenvalue weighted by Crippen LogP contribution is -2.20. The van der Waals surface area contributed by atoms with E-state index in [-0.39, 0.29) is 0 Å². The molecular formula is C15H13N3O3S. The first-order valence-electron chi connectivity index (χ1n) is 6.54. The van der Waals surface area contributed by atoms with Crippen molar-refractivity contribution in [2.75, 3.05) is 5.75 Å². The number of aromatic nitrogens is 1. The predicted molar refractivity (Wildman–Crippen MR) is 84.4 cm³/mol. The van der Waals surface area contributed by atoms with Crippen molar-refractivity contribution < 1.29 is 14.7 Å². The summed E-state index contributed by atoms with van der Waals surface area (Å²) in [6.45, 7) is 0. The number of benzene rings is 1. The number of hydrazine groups is 1. The highest BCUT2D eigenvalue weighted by Crippen LogP contribution is 2.23. The van der Waals surface area contributed by atoms with Gasteiger partial charge in [-0.1, -0.05) is 17.9 Å². The van der Waals surface area contributed by atoms with Gasteiger partial charge in [-0.15, -0.1) is 0 Å². The largest absolute Gasteiger partial charge is 0.478 e. The maximum Gasteiger partial charge on any atom is 0.336 e. The fraction of sp³-hybridized carbons (Fsp3) is 0.133. The molecule has 2 aromatic rings. The van der Waals surface area contributed by atoms with E-state index in [1.807, 2.05) is 12.3 Å². The Hall–Kier alpha value is -2.56. The Balaban J connectivity index is 1.68. The molecule has 0 atom stereocenters. The maximum absolute atomic E-state index is 11.3. The monoisotopic (exact) mass is 315 g/mol. The third-order valence-electron chi connectivity index (χ3n) is 3.08. The average molecular weight is 315 g/mol. The van der Waals surface area contributed by atoms with E-state index in [0.717, 1.165) is 16.5 Å². The average Bonchev–Trinajstić information content (AvgIpc) is 3.16. The quantitative estimate of drug-likeness (QED) is 0.593. The predicted octanol–water partition coefficient (Wildman–Crippen LogP) is 2.28. The molecule has 1 aromatic heterocycles. The summed E-state index contributed by atoms with van der Waals surface area (Å²) in [6, 6.07) is 5.19. The smallest absolute Gasteiger partial charge is 0.336 e. The standard InChI is InChI=1S/C15H13N3O3S/c19-15(20)12-5-3-6-13-14(12)11(10-16-13)4-1-2-9-22-18-17-7-8-21-18/h3,5-8,10,16-17H,4,9H2,(H,19,20). The molecule has 0 saturated carbocycles. The SMILES string of the molecule is O=C(O)c1cccc2[nH]cc(CC#CCSN3NC=CO3)c12. The number of aromatic amines is 1. The summed E-state index contributed by atoms with van der Waals surface area (Å²) in [6.07, 6.45) is 5.53. The highest BCUT2D eigenvalue weighted by molar-refractivity contribution is 7.97. The first-order valence-corrected chi connectivity index (χ1v) is 7.49. The zero-order valence-electron chi connectivity index (χ0n) is 11.5. The second-order valence-electron chi connectivity index (χ2n) is 4.45. The van der Waals surface area contributed by atoms with Crippen molar-refractivity contribution in [3.63, 3.8) is 0 Å². The van der Waals surface area contributed by atoms with Gasteiger partial charge in [0, 0.05) is 28.1 Å². The molecule has 0 radical (unpaired) electrons. The minimum Gasteiger partial charge on any atom is -0.478 e. The van der Waals surface area contributed by atoms with Crippen molar-refractivity contribution in [2.45, 2.75) is 6.42 Å². The summed E-state index contributed by atoms with van der Waals surface area (Å²) in [5, 5.41) is 10.00. The Morgan fingerprint density at radius 3 is 3.09 bits per heavy atom. The van der Waals surface area contributed by atoms with Crippen LogP contribution in [0.2, 0.25) is 0 Å². The van der Waals surface area contributed by atoms with E-state index >= 15 is 0 Å². The lowest BCUT2D eigenvalue weighted by molar-refractivity contribution is -0.00803. The Labute approximate surface area is 131 Å². The first kappa shape index (κ1) is 14.4. The van der Waals surface area contributed by atoms with Gasteiger partial charge in [0.25, 0.3) is 0 Å². The van der Waals surface area contributed by atoms with E-state index in [1.165, 1.54) is 16.5 Å². The van der Waals surface area contributed by atoms with Crippen LogP contribution in [0.4, 0.5) is 0 Å². The van der Waals surface area contributed by atoms with Crippen LogP contribution in [0.15, 0.2) is 36.9 Å². The van der Waals surface area contributed by atoms with Crippen molar-refractivity contribution in [1.82, 2.24) is 15.0 Å². The molecule has 0 bridgehead atoms. The van der Waals surface area contributed by atoms with Crippen molar-refractivity contribution in [2.24, 2.45) is 0 Å². The molecule has 7 heteroatoms. The summed E-state index contributed by atoms with van der Waals surface area (Å²) in [5.41, 5.74) is 4.86. The number of carboxylic acid groups (broad SMARTS) is 1. The molecule has 0 amide bonds. The lowest BCUT2D eigenvalue weighted by atomic mass is 10.0. The van der Waals surface area contributed by atoms with E-state index < -0.39 is 5.97 Å². The van der Waals surface area contributed by atoms with Gasteiger partial charge in [0.15, 0.2) is 0 Å². The number of hydrogen-bond donors (Lipinski definition) is 3. The molecule has 22 heavy (non-hydrogen) atoms. The van der Waals surface area contributed by atoms with Crippen LogP contribution in [0.1, 0.15) is 15.9 Å². The Kier molecular flexibility index (Phi) is 4.23. The molecule has 1 aromatic carbocycles. The number of H-pyrrole nitrogens is 1. The summed E-state index contributed by atoms with van der Waals surface area (Å²) in [7, 11) is 0. The molecule has 1 aliphatic rings. The fourth-order valence-electron chi connectivity index (χ4n) is 2.15. The van der Waals surface area contributed by atoms with Crippen LogP contribution in [-0.2, 0) is 11.3 Å². The molecule has 0 fully saturated rings. The minimum absolute atomic E-state index is 0.297. The molecule has 0 aliphatic carbocycles. The third kappa shape index (κ3) is 3.03. The second-order valence-corrected chi connectivity index (χ2v) is 5.32. The van der Waals surface area contributed by atoms with Gasteiger partial charge in [-0.25, -0.2) is 4.79 Å². The van der Waals surface area contributed by atoms with Gasteiger partial charge in [0.05, 0.1) is 17.5 Å². The molecule has 6 nitrogen and oxygen atoms in total. The molecule has 2 heterocycles. The fourth-order valence-corrected chi connectivity index (χ4v) is 2.68. The summed E-state index contributed by atoms with van der Waals surface area (Å²) >= 11 is 1.39. The van der Waals surface area contributed by atoms with Crippen molar-refractivity contribution in [3.8, 4) is 11.8 Å². The van der Waals surface area contributed by atoms with Crippen LogP contribution in [0, 0.1) is 11.8 Å². The molecule has 3 rings (SSSR count). The van der Waals surface area contributed by atoms with Gasteiger partial charge in [-0.3, -0.25) is 5.43 Å².